The molecule has 0 aliphatic carbocycles. The van der Waals surface area contributed by atoms with Gasteiger partial charge in [0.2, 0.25) is 11.7 Å². The van der Waals surface area contributed by atoms with E-state index in [9.17, 15) is 14.4 Å². The molecule has 0 spiro atoms. The lowest BCUT2D eigenvalue weighted by Crippen LogP contribution is -2.16. The first-order chi connectivity index (χ1) is 13.0. The number of nitrogens with one attached hydrogen (secondary N) is 1. The molecule has 3 aromatic rings. The van der Waals surface area contributed by atoms with Crippen molar-refractivity contribution in [2.24, 2.45) is 0 Å². The van der Waals surface area contributed by atoms with Crippen molar-refractivity contribution < 1.29 is 19.5 Å². The van der Waals surface area contributed by atoms with Gasteiger partial charge < -0.3 is 10.4 Å². The molecule has 0 unspecified atom stereocenters. The number of carboxylic acid groups (broad SMARTS) is 1. The number of thiophene rings is 1. The van der Waals surface area contributed by atoms with Gasteiger partial charge in [-0.3, -0.25) is 14.4 Å². The monoisotopic (exact) mass is 420 g/mol. The number of carbonyl (C=O) groups is 3. The van der Waals surface area contributed by atoms with E-state index in [0.717, 1.165) is 33.3 Å². The van der Waals surface area contributed by atoms with Crippen LogP contribution in [0.2, 0.25) is 0 Å². The van der Waals surface area contributed by atoms with E-state index < -0.39 is 5.97 Å². The number of fused-ring (bicyclic) bond motifs is 1. The van der Waals surface area contributed by atoms with E-state index in [1.54, 1.807) is 6.07 Å². The van der Waals surface area contributed by atoms with E-state index in [-0.39, 0.29) is 23.2 Å². The summed E-state index contributed by atoms with van der Waals surface area (Å²) in [5.41, 5.74) is 1.19. The summed E-state index contributed by atoms with van der Waals surface area (Å²) >= 11 is 3.69. The fraction of sp³-hybridized carbons (Fsp3) is 0.222. The van der Waals surface area contributed by atoms with Crippen LogP contribution in [0.1, 0.15) is 27.2 Å². The quantitative estimate of drug-likeness (QED) is 0.537. The van der Waals surface area contributed by atoms with E-state index >= 15 is 0 Å². The number of carboxylic acids is 1. The van der Waals surface area contributed by atoms with Crippen molar-refractivity contribution in [3.63, 3.8) is 0 Å². The Balaban J connectivity index is 1.82. The molecule has 27 heavy (non-hydrogen) atoms. The molecule has 140 valence electrons. The number of para-hydroxylation sites is 1. The van der Waals surface area contributed by atoms with Gasteiger partial charge in [-0.25, -0.2) is 4.98 Å². The SMILES string of the molecule is CCc1cc(C(=O)c2nc3ccccc3s2)c(NC(=O)CSCC(=O)O)s1. The van der Waals surface area contributed by atoms with Crippen LogP contribution in [0.4, 0.5) is 5.00 Å². The zero-order valence-electron chi connectivity index (χ0n) is 14.4. The van der Waals surface area contributed by atoms with Gasteiger partial charge in [-0.15, -0.1) is 34.4 Å². The van der Waals surface area contributed by atoms with Crippen molar-refractivity contribution in [3.05, 3.63) is 45.8 Å². The summed E-state index contributed by atoms with van der Waals surface area (Å²) < 4.78 is 0.933. The smallest absolute Gasteiger partial charge is 0.313 e. The average molecular weight is 421 g/mol. The number of carbonyl (C=O) groups excluding carboxylic acids is 2. The third-order valence-corrected chi connectivity index (χ3v) is 6.72. The maximum atomic E-state index is 13.0. The maximum Gasteiger partial charge on any atom is 0.313 e. The molecular weight excluding hydrogens is 404 g/mol. The molecule has 0 atom stereocenters. The predicted molar refractivity (Wildman–Crippen MR) is 110 cm³/mol. The highest BCUT2D eigenvalue weighted by atomic mass is 32.2. The van der Waals surface area contributed by atoms with E-state index in [4.69, 9.17) is 5.11 Å². The number of aliphatic carboxylic acids is 1. The lowest BCUT2D eigenvalue weighted by atomic mass is 10.2. The van der Waals surface area contributed by atoms with Crippen molar-refractivity contribution >= 4 is 67.3 Å². The molecule has 1 aromatic carbocycles. The van der Waals surface area contributed by atoms with Gasteiger partial charge in [0.05, 0.1) is 27.3 Å². The second-order valence-electron chi connectivity index (χ2n) is 5.56. The Morgan fingerprint density at radius 1 is 1.19 bits per heavy atom. The molecule has 0 saturated carbocycles. The van der Waals surface area contributed by atoms with E-state index in [1.807, 2.05) is 31.2 Å². The Kier molecular flexibility index (Phi) is 6.25. The highest BCUT2D eigenvalue weighted by Crippen LogP contribution is 2.32. The Morgan fingerprint density at radius 3 is 2.67 bits per heavy atom. The van der Waals surface area contributed by atoms with Crippen molar-refractivity contribution in [2.45, 2.75) is 13.3 Å². The summed E-state index contributed by atoms with van der Waals surface area (Å²) in [5.74, 6) is -1.65. The summed E-state index contributed by atoms with van der Waals surface area (Å²) in [6, 6.07) is 9.33. The lowest BCUT2D eigenvalue weighted by molar-refractivity contribution is -0.133. The van der Waals surface area contributed by atoms with Gasteiger partial charge in [0.15, 0.2) is 5.01 Å². The molecule has 6 nitrogen and oxygen atoms in total. The van der Waals surface area contributed by atoms with Crippen LogP contribution in [-0.4, -0.2) is 39.3 Å². The number of ketones is 1. The number of rotatable bonds is 8. The van der Waals surface area contributed by atoms with Crippen LogP contribution in [0.15, 0.2) is 30.3 Å². The van der Waals surface area contributed by atoms with Crippen LogP contribution in [0.3, 0.4) is 0 Å². The molecule has 0 saturated heterocycles. The second-order valence-corrected chi connectivity index (χ2v) is 8.71. The predicted octanol–water partition coefficient (Wildman–Crippen LogP) is 3.91. The number of amides is 1. The number of hydrogen-bond donors (Lipinski definition) is 2. The topological polar surface area (TPSA) is 96.4 Å². The first-order valence-corrected chi connectivity index (χ1v) is 10.9. The number of aryl methyl sites for hydroxylation is 1. The molecule has 2 N–H and O–H groups in total. The normalized spacial score (nSPS) is 10.9. The zero-order chi connectivity index (χ0) is 19.4. The lowest BCUT2D eigenvalue weighted by Gasteiger charge is -2.04. The van der Waals surface area contributed by atoms with Crippen LogP contribution in [0, 0.1) is 0 Å². The van der Waals surface area contributed by atoms with Crippen molar-refractivity contribution in [2.75, 3.05) is 16.8 Å². The third kappa shape index (κ3) is 4.74. The highest BCUT2D eigenvalue weighted by molar-refractivity contribution is 8.00. The number of thiazole rings is 1. The summed E-state index contributed by atoms with van der Waals surface area (Å²) in [4.78, 5) is 41.0. The molecule has 2 aromatic heterocycles. The van der Waals surface area contributed by atoms with Crippen LogP contribution >= 0.6 is 34.4 Å². The Morgan fingerprint density at radius 2 is 1.96 bits per heavy atom. The first-order valence-electron chi connectivity index (χ1n) is 8.10. The van der Waals surface area contributed by atoms with Crippen LogP contribution in [-0.2, 0) is 16.0 Å². The summed E-state index contributed by atoms with van der Waals surface area (Å²) in [7, 11) is 0. The molecule has 2 heterocycles. The minimum atomic E-state index is -0.969. The minimum absolute atomic E-state index is 0.0143. The van der Waals surface area contributed by atoms with E-state index in [1.165, 1.54) is 22.7 Å². The summed E-state index contributed by atoms with van der Waals surface area (Å²) in [6.45, 7) is 1.98. The van der Waals surface area contributed by atoms with Gasteiger partial charge in [0.1, 0.15) is 5.00 Å². The molecule has 1 amide bonds. The fourth-order valence-corrected chi connectivity index (χ4v) is 4.82. The van der Waals surface area contributed by atoms with E-state index in [0.29, 0.717) is 15.6 Å². The number of benzene rings is 1. The molecule has 0 fully saturated rings. The van der Waals surface area contributed by atoms with E-state index in [2.05, 4.69) is 10.3 Å². The van der Waals surface area contributed by atoms with Crippen LogP contribution in [0.5, 0.6) is 0 Å². The number of thioether (sulfide) groups is 1. The molecule has 3 rings (SSSR count). The number of anilines is 1. The van der Waals surface area contributed by atoms with Crippen LogP contribution < -0.4 is 5.32 Å². The minimum Gasteiger partial charge on any atom is -0.481 e. The van der Waals surface area contributed by atoms with Gasteiger partial charge >= 0.3 is 5.97 Å². The van der Waals surface area contributed by atoms with Crippen molar-refractivity contribution in [3.8, 4) is 0 Å². The van der Waals surface area contributed by atoms with Gasteiger partial charge in [0.25, 0.3) is 0 Å². The second kappa shape index (κ2) is 8.64. The van der Waals surface area contributed by atoms with Crippen molar-refractivity contribution in [1.29, 1.82) is 0 Å². The van der Waals surface area contributed by atoms with Gasteiger partial charge in [-0.1, -0.05) is 19.1 Å². The Labute approximate surface area is 167 Å². The molecule has 9 heteroatoms. The summed E-state index contributed by atoms with van der Waals surface area (Å²) in [6.07, 6.45) is 0.744. The zero-order valence-corrected chi connectivity index (χ0v) is 16.8. The number of hydrogen-bond acceptors (Lipinski definition) is 7. The molecule has 0 aliphatic rings. The molecular formula is C18H16N2O4S3. The third-order valence-electron chi connectivity index (χ3n) is 3.58. The summed E-state index contributed by atoms with van der Waals surface area (Å²) in [5, 5.41) is 12.3. The molecule has 0 radical (unpaired) electrons. The molecule has 0 bridgehead atoms. The maximum absolute atomic E-state index is 13.0. The molecule has 0 aliphatic heterocycles. The fourth-order valence-electron chi connectivity index (χ4n) is 2.36. The van der Waals surface area contributed by atoms with Gasteiger partial charge in [-0.05, 0) is 24.6 Å². The Bertz CT molecular complexity index is 976. The highest BCUT2D eigenvalue weighted by Gasteiger charge is 2.22. The van der Waals surface area contributed by atoms with Gasteiger partial charge in [0, 0.05) is 4.88 Å². The standard InChI is InChI=1S/C18H16N2O4S3/c1-2-10-7-11(17(26-10)20-14(21)8-25-9-15(22)23)16(24)18-19-12-5-3-4-6-13(12)27-18/h3-7H,2,8-9H2,1H3,(H,20,21)(H,22,23). The van der Waals surface area contributed by atoms with Crippen molar-refractivity contribution in [1.82, 2.24) is 4.98 Å². The Hall–Kier alpha value is -2.23. The number of aromatic nitrogens is 1. The average Bonchev–Trinajstić information content (AvgIpc) is 3.24. The van der Waals surface area contributed by atoms with Crippen LogP contribution in [0.25, 0.3) is 10.2 Å². The number of nitrogens with zero attached hydrogens (tertiary/aromatic N) is 1. The largest absolute Gasteiger partial charge is 0.481 e. The van der Waals surface area contributed by atoms with Gasteiger partial charge in [-0.2, -0.15) is 0 Å². The first kappa shape index (κ1) is 19.5.